The molecule has 4 aromatic rings. The van der Waals surface area contributed by atoms with Crippen molar-refractivity contribution in [2.75, 3.05) is 5.32 Å². The van der Waals surface area contributed by atoms with Crippen LogP contribution >= 0.6 is 11.6 Å². The number of nitrogens with one attached hydrogen (secondary N) is 2. The van der Waals surface area contributed by atoms with Gasteiger partial charge in [0.1, 0.15) is 23.5 Å². The monoisotopic (exact) mass is 380 g/mol. The molecule has 4 rings (SSSR count). The second-order valence-corrected chi connectivity index (χ2v) is 6.03. The number of anilines is 2. The molecule has 2 N–H and O–H groups in total. The molecule has 9 heteroatoms. The van der Waals surface area contributed by atoms with Crippen molar-refractivity contribution in [1.29, 1.82) is 5.26 Å². The van der Waals surface area contributed by atoms with Gasteiger partial charge < -0.3 is 5.32 Å². The molecule has 0 bridgehead atoms. The van der Waals surface area contributed by atoms with Crippen LogP contribution in [0.25, 0.3) is 16.6 Å². The molecule has 0 aliphatic carbocycles. The van der Waals surface area contributed by atoms with Crippen LogP contribution in [0.1, 0.15) is 5.56 Å². The van der Waals surface area contributed by atoms with Crippen molar-refractivity contribution in [3.05, 3.63) is 75.5 Å². The van der Waals surface area contributed by atoms with Crippen LogP contribution in [-0.2, 0) is 0 Å². The first kappa shape index (κ1) is 16.8. The third kappa shape index (κ3) is 3.12. The van der Waals surface area contributed by atoms with Gasteiger partial charge in [0, 0.05) is 12.3 Å². The summed E-state index contributed by atoms with van der Waals surface area (Å²) in [5, 5.41) is 15.3. The average molecular weight is 381 g/mol. The molecule has 27 heavy (non-hydrogen) atoms. The van der Waals surface area contributed by atoms with Gasteiger partial charge in [-0.15, -0.1) is 0 Å². The molecule has 0 spiro atoms. The summed E-state index contributed by atoms with van der Waals surface area (Å²) in [4.78, 5) is 20.3. The standard InChI is InChI=1S/C18H10ClFN6O/c19-14-5-12(3-1-10(14)7-21)26-15-6-17(23-9-13(15)18(27)25-26)24-16-4-2-11(20)8-22-16/h1-6,8-9H,(H,25,27)(H,22,23,24). The minimum atomic E-state index is -0.443. The van der Waals surface area contributed by atoms with Gasteiger partial charge in [-0.25, -0.2) is 14.4 Å². The van der Waals surface area contributed by atoms with Crippen LogP contribution < -0.4 is 10.9 Å². The zero-order valence-electron chi connectivity index (χ0n) is 13.6. The van der Waals surface area contributed by atoms with Gasteiger partial charge in [0.15, 0.2) is 0 Å². The van der Waals surface area contributed by atoms with Crippen molar-refractivity contribution < 1.29 is 4.39 Å². The quantitative estimate of drug-likeness (QED) is 0.566. The lowest BCUT2D eigenvalue weighted by atomic mass is 10.2. The summed E-state index contributed by atoms with van der Waals surface area (Å²) in [5.41, 5.74) is 1.17. The summed E-state index contributed by atoms with van der Waals surface area (Å²) < 4.78 is 14.5. The summed E-state index contributed by atoms with van der Waals surface area (Å²) in [7, 11) is 0. The molecule has 0 fully saturated rings. The van der Waals surface area contributed by atoms with Gasteiger partial charge >= 0.3 is 0 Å². The van der Waals surface area contributed by atoms with Gasteiger partial charge in [-0.1, -0.05) is 11.6 Å². The third-order valence-electron chi connectivity index (χ3n) is 3.90. The van der Waals surface area contributed by atoms with E-state index in [0.29, 0.717) is 33.8 Å². The van der Waals surface area contributed by atoms with Gasteiger partial charge in [-0.2, -0.15) is 5.26 Å². The molecule has 0 atom stereocenters. The number of aromatic amines is 1. The van der Waals surface area contributed by atoms with Crippen molar-refractivity contribution in [3.8, 4) is 11.8 Å². The summed E-state index contributed by atoms with van der Waals surface area (Å²) >= 11 is 6.10. The zero-order valence-corrected chi connectivity index (χ0v) is 14.3. The molecule has 0 amide bonds. The van der Waals surface area contributed by atoms with Crippen LogP contribution in [0.5, 0.6) is 0 Å². The Morgan fingerprint density at radius 1 is 1.15 bits per heavy atom. The Balaban J connectivity index is 1.80. The molecule has 1 aromatic carbocycles. The topological polar surface area (TPSA) is 99.4 Å². The first-order valence-corrected chi connectivity index (χ1v) is 8.12. The largest absolute Gasteiger partial charge is 0.325 e. The van der Waals surface area contributed by atoms with E-state index in [9.17, 15) is 9.18 Å². The van der Waals surface area contributed by atoms with Crippen molar-refractivity contribution in [3.63, 3.8) is 0 Å². The molecule has 0 aliphatic heterocycles. The zero-order chi connectivity index (χ0) is 19.0. The molecule has 0 saturated carbocycles. The van der Waals surface area contributed by atoms with Crippen LogP contribution in [0.3, 0.4) is 0 Å². The molecule has 3 aromatic heterocycles. The van der Waals surface area contributed by atoms with Crippen LogP contribution in [0, 0.1) is 17.1 Å². The first-order chi connectivity index (χ1) is 13.0. The summed E-state index contributed by atoms with van der Waals surface area (Å²) in [6.45, 7) is 0. The fourth-order valence-corrected chi connectivity index (χ4v) is 2.83. The van der Waals surface area contributed by atoms with Crippen LogP contribution in [0.4, 0.5) is 16.0 Å². The van der Waals surface area contributed by atoms with Gasteiger partial charge in [0.25, 0.3) is 5.56 Å². The molecule has 3 heterocycles. The number of halogens is 2. The number of aromatic nitrogens is 4. The number of H-pyrrole nitrogens is 1. The average Bonchev–Trinajstić information content (AvgIpc) is 3.00. The molecule has 0 radical (unpaired) electrons. The molecule has 132 valence electrons. The molecular weight excluding hydrogens is 371 g/mol. The maximum Gasteiger partial charge on any atom is 0.273 e. The highest BCUT2D eigenvalue weighted by Crippen LogP contribution is 2.23. The Hall–Kier alpha value is -3.70. The van der Waals surface area contributed by atoms with E-state index in [4.69, 9.17) is 16.9 Å². The van der Waals surface area contributed by atoms with E-state index in [1.165, 1.54) is 18.3 Å². The minimum absolute atomic E-state index is 0.278. The molecule has 0 unspecified atom stereocenters. The number of hydrogen-bond donors (Lipinski definition) is 2. The smallest absolute Gasteiger partial charge is 0.273 e. The number of fused-ring (bicyclic) bond motifs is 1. The van der Waals surface area contributed by atoms with E-state index >= 15 is 0 Å². The maximum atomic E-state index is 13.0. The first-order valence-electron chi connectivity index (χ1n) is 7.74. The summed E-state index contributed by atoms with van der Waals surface area (Å²) in [6, 6.07) is 11.2. The van der Waals surface area contributed by atoms with Crippen LogP contribution in [-0.4, -0.2) is 19.7 Å². The predicted octanol–water partition coefficient (Wildman–Crippen LogP) is 3.52. The Bertz CT molecular complexity index is 1260. The third-order valence-corrected chi connectivity index (χ3v) is 4.21. The van der Waals surface area contributed by atoms with Gasteiger partial charge in [0.05, 0.1) is 33.4 Å². The Morgan fingerprint density at radius 2 is 1.96 bits per heavy atom. The van der Waals surface area contributed by atoms with Crippen molar-refractivity contribution >= 4 is 34.1 Å². The lowest BCUT2D eigenvalue weighted by Crippen LogP contribution is -2.03. The highest BCUT2D eigenvalue weighted by Gasteiger charge is 2.12. The second kappa shape index (κ2) is 6.55. The van der Waals surface area contributed by atoms with Gasteiger partial charge in [0.2, 0.25) is 0 Å². The molecule has 0 saturated heterocycles. The Morgan fingerprint density at radius 3 is 2.67 bits per heavy atom. The number of nitrogens with zero attached hydrogens (tertiary/aromatic N) is 4. The highest BCUT2D eigenvalue weighted by molar-refractivity contribution is 6.31. The van der Waals surface area contributed by atoms with Gasteiger partial charge in [-0.3, -0.25) is 14.6 Å². The van der Waals surface area contributed by atoms with Crippen LogP contribution in [0.2, 0.25) is 5.02 Å². The SMILES string of the molecule is N#Cc1ccc(-n2[nH]c(=O)c3cnc(Nc4ccc(F)cn4)cc32)cc1Cl. The van der Waals surface area contributed by atoms with Crippen molar-refractivity contribution in [2.45, 2.75) is 0 Å². The van der Waals surface area contributed by atoms with E-state index < -0.39 is 5.82 Å². The van der Waals surface area contributed by atoms with E-state index in [-0.39, 0.29) is 10.6 Å². The summed E-state index contributed by atoms with van der Waals surface area (Å²) in [5.74, 6) is 0.393. The normalized spacial score (nSPS) is 10.7. The lowest BCUT2D eigenvalue weighted by Gasteiger charge is -2.08. The second-order valence-electron chi connectivity index (χ2n) is 5.63. The number of pyridine rings is 2. The molecule has 0 aliphatic rings. The lowest BCUT2D eigenvalue weighted by molar-refractivity contribution is 0.622. The van der Waals surface area contributed by atoms with E-state index in [2.05, 4.69) is 20.4 Å². The Kier molecular flexibility index (Phi) is 4.06. The number of nitriles is 1. The number of rotatable bonds is 3. The number of benzene rings is 1. The highest BCUT2D eigenvalue weighted by atomic mass is 35.5. The van der Waals surface area contributed by atoms with E-state index in [1.807, 2.05) is 6.07 Å². The summed E-state index contributed by atoms with van der Waals surface area (Å²) in [6.07, 6.45) is 2.52. The van der Waals surface area contributed by atoms with Crippen LogP contribution in [0.15, 0.2) is 53.6 Å². The predicted molar refractivity (Wildman–Crippen MR) is 98.9 cm³/mol. The Labute approximate surface area is 156 Å². The van der Waals surface area contributed by atoms with Crippen molar-refractivity contribution in [2.24, 2.45) is 0 Å². The maximum absolute atomic E-state index is 13.0. The number of hydrogen-bond acceptors (Lipinski definition) is 5. The molecule has 7 nitrogen and oxygen atoms in total. The fourth-order valence-electron chi connectivity index (χ4n) is 2.61. The minimum Gasteiger partial charge on any atom is -0.325 e. The van der Waals surface area contributed by atoms with Gasteiger partial charge in [-0.05, 0) is 30.3 Å². The van der Waals surface area contributed by atoms with E-state index in [1.54, 1.807) is 28.9 Å². The van der Waals surface area contributed by atoms with E-state index in [0.717, 1.165) is 6.20 Å². The molecular formula is C18H10ClFN6O. The van der Waals surface area contributed by atoms with Crippen molar-refractivity contribution in [1.82, 2.24) is 19.7 Å². The fraction of sp³-hybridized carbons (Fsp3) is 0.